The van der Waals surface area contributed by atoms with Crippen LogP contribution >= 0.6 is 0 Å². The number of aromatic nitrogens is 2. The SMILES string of the molecule is CC(=O)Nc1cc(-c2[nH]c3c(c2Nc2ccccc2)C(=O)CN(C(=O)CCCS(=O)[O-])C3)ccn1. The molecule has 0 bridgehead atoms. The van der Waals surface area contributed by atoms with Gasteiger partial charge in [-0.1, -0.05) is 29.3 Å². The highest BCUT2D eigenvalue weighted by molar-refractivity contribution is 7.79. The van der Waals surface area contributed by atoms with E-state index in [0.29, 0.717) is 34.0 Å². The summed E-state index contributed by atoms with van der Waals surface area (Å²) in [5, 5.41) is 5.98. The largest absolute Gasteiger partial charge is 0.772 e. The van der Waals surface area contributed by atoms with Crippen molar-refractivity contribution in [3.63, 3.8) is 0 Å². The topological polar surface area (TPSA) is 147 Å². The van der Waals surface area contributed by atoms with Crippen LogP contribution in [0.15, 0.2) is 48.7 Å². The molecule has 0 saturated carbocycles. The third-order valence-corrected chi connectivity index (χ3v) is 6.11. The van der Waals surface area contributed by atoms with Gasteiger partial charge in [0.2, 0.25) is 11.8 Å². The Labute approximate surface area is 204 Å². The number of benzene rings is 1. The first-order valence-electron chi connectivity index (χ1n) is 11.0. The molecule has 11 heteroatoms. The van der Waals surface area contributed by atoms with E-state index >= 15 is 0 Å². The van der Waals surface area contributed by atoms with Gasteiger partial charge in [0.15, 0.2) is 5.78 Å². The van der Waals surface area contributed by atoms with E-state index in [0.717, 1.165) is 5.69 Å². The van der Waals surface area contributed by atoms with Gasteiger partial charge in [-0.3, -0.25) is 18.6 Å². The minimum atomic E-state index is -2.21. The zero-order valence-corrected chi connectivity index (χ0v) is 19.8. The number of ketones is 1. The fourth-order valence-corrected chi connectivity index (χ4v) is 4.38. The average Bonchev–Trinajstić information content (AvgIpc) is 3.18. The summed E-state index contributed by atoms with van der Waals surface area (Å²) in [6.45, 7) is 1.48. The molecule has 35 heavy (non-hydrogen) atoms. The Kier molecular flexibility index (Phi) is 7.37. The summed E-state index contributed by atoms with van der Waals surface area (Å²) in [6, 6.07) is 12.8. The Balaban J connectivity index is 1.70. The second-order valence-electron chi connectivity index (χ2n) is 8.11. The number of nitrogens with zero attached hydrogens (tertiary/aromatic N) is 2. The van der Waals surface area contributed by atoms with Crippen molar-refractivity contribution in [1.82, 2.24) is 14.9 Å². The summed E-state index contributed by atoms with van der Waals surface area (Å²) in [5.41, 5.74) is 3.71. The average molecular weight is 495 g/mol. The third kappa shape index (κ3) is 5.81. The lowest BCUT2D eigenvalue weighted by Gasteiger charge is -2.26. The van der Waals surface area contributed by atoms with Gasteiger partial charge in [0.1, 0.15) is 5.82 Å². The number of hydrogen-bond acceptors (Lipinski definition) is 7. The molecule has 2 aromatic heterocycles. The molecule has 0 saturated heterocycles. The number of pyridine rings is 1. The molecule has 2 amide bonds. The Bertz CT molecular complexity index is 1290. The Morgan fingerprint density at radius 3 is 2.69 bits per heavy atom. The minimum absolute atomic E-state index is 0.0453. The number of rotatable bonds is 8. The highest BCUT2D eigenvalue weighted by Crippen LogP contribution is 2.38. The van der Waals surface area contributed by atoms with Crippen LogP contribution < -0.4 is 10.6 Å². The van der Waals surface area contributed by atoms with Crippen molar-refractivity contribution in [3.8, 4) is 11.3 Å². The highest BCUT2D eigenvalue weighted by atomic mass is 32.2. The predicted molar refractivity (Wildman–Crippen MR) is 131 cm³/mol. The zero-order chi connectivity index (χ0) is 24.9. The maximum atomic E-state index is 13.2. The monoisotopic (exact) mass is 494 g/mol. The van der Waals surface area contributed by atoms with Gasteiger partial charge < -0.3 is 25.1 Å². The number of aromatic amines is 1. The van der Waals surface area contributed by atoms with Crippen molar-refractivity contribution in [2.45, 2.75) is 26.3 Å². The van der Waals surface area contributed by atoms with Crippen LogP contribution in [0.1, 0.15) is 35.8 Å². The first-order chi connectivity index (χ1) is 16.8. The van der Waals surface area contributed by atoms with E-state index < -0.39 is 11.1 Å². The lowest BCUT2D eigenvalue weighted by atomic mass is 10.0. The molecule has 1 atom stereocenters. The van der Waals surface area contributed by atoms with E-state index in [9.17, 15) is 23.1 Å². The number of carbonyl (C=O) groups excluding carboxylic acids is 3. The van der Waals surface area contributed by atoms with Gasteiger partial charge in [-0.2, -0.15) is 0 Å². The van der Waals surface area contributed by atoms with Gasteiger partial charge in [-0.05, 0) is 30.7 Å². The van der Waals surface area contributed by atoms with Crippen molar-refractivity contribution in [2.24, 2.45) is 0 Å². The molecule has 0 fully saturated rings. The molecule has 0 aliphatic carbocycles. The number of amides is 2. The first-order valence-corrected chi connectivity index (χ1v) is 12.2. The fraction of sp³-hybridized carbons (Fsp3) is 0.250. The second kappa shape index (κ2) is 10.6. The van der Waals surface area contributed by atoms with Crippen LogP contribution in [-0.4, -0.2) is 53.5 Å². The predicted octanol–water partition coefficient (Wildman–Crippen LogP) is 2.96. The van der Waals surface area contributed by atoms with Crippen molar-refractivity contribution in [3.05, 3.63) is 59.9 Å². The molecule has 10 nitrogen and oxygen atoms in total. The Morgan fingerprint density at radius 2 is 1.97 bits per heavy atom. The number of para-hydroxylation sites is 1. The zero-order valence-electron chi connectivity index (χ0n) is 19.0. The van der Waals surface area contributed by atoms with Gasteiger partial charge >= 0.3 is 0 Å². The van der Waals surface area contributed by atoms with Crippen LogP contribution in [0.2, 0.25) is 0 Å². The maximum Gasteiger partial charge on any atom is 0.223 e. The highest BCUT2D eigenvalue weighted by Gasteiger charge is 2.32. The molecule has 0 spiro atoms. The van der Waals surface area contributed by atoms with E-state index in [2.05, 4.69) is 20.6 Å². The van der Waals surface area contributed by atoms with Crippen molar-refractivity contribution < 1.29 is 23.1 Å². The van der Waals surface area contributed by atoms with Crippen molar-refractivity contribution in [2.75, 3.05) is 22.9 Å². The second-order valence-corrected chi connectivity index (χ2v) is 9.13. The molecule has 0 radical (unpaired) electrons. The number of fused-ring (bicyclic) bond motifs is 1. The van der Waals surface area contributed by atoms with Crippen molar-refractivity contribution in [1.29, 1.82) is 0 Å². The molecule has 3 N–H and O–H groups in total. The quantitative estimate of drug-likeness (QED) is 0.408. The van der Waals surface area contributed by atoms with E-state index in [1.807, 2.05) is 30.3 Å². The van der Waals surface area contributed by atoms with Gasteiger partial charge in [0.25, 0.3) is 0 Å². The van der Waals surface area contributed by atoms with Crippen LogP contribution in [0, 0.1) is 0 Å². The molecule has 4 rings (SSSR count). The van der Waals surface area contributed by atoms with Gasteiger partial charge in [-0.25, -0.2) is 4.98 Å². The van der Waals surface area contributed by atoms with E-state index in [-0.39, 0.29) is 49.3 Å². The molecule has 1 aromatic carbocycles. The summed E-state index contributed by atoms with van der Waals surface area (Å²) >= 11 is -2.21. The molecule has 1 unspecified atom stereocenters. The summed E-state index contributed by atoms with van der Waals surface area (Å²) in [6.07, 6.45) is 1.81. The van der Waals surface area contributed by atoms with Crippen LogP contribution in [-0.2, 0) is 27.2 Å². The normalized spacial score (nSPS) is 13.8. The van der Waals surface area contributed by atoms with Gasteiger partial charge in [-0.15, -0.1) is 0 Å². The van der Waals surface area contributed by atoms with Crippen LogP contribution in [0.3, 0.4) is 0 Å². The van der Waals surface area contributed by atoms with Gasteiger partial charge in [0, 0.05) is 42.2 Å². The summed E-state index contributed by atoms with van der Waals surface area (Å²) < 4.78 is 21.5. The van der Waals surface area contributed by atoms with E-state index in [4.69, 9.17) is 0 Å². The number of Topliss-reactive ketones (excluding diaryl/α,β-unsaturated/α-hetero) is 1. The lowest BCUT2D eigenvalue weighted by Crippen LogP contribution is -2.39. The number of nitrogens with one attached hydrogen (secondary N) is 3. The van der Waals surface area contributed by atoms with Gasteiger partial charge in [0.05, 0.1) is 30.0 Å². The molecule has 1 aliphatic rings. The third-order valence-electron chi connectivity index (χ3n) is 5.49. The maximum absolute atomic E-state index is 13.2. The fourth-order valence-electron chi connectivity index (χ4n) is 4.00. The number of H-pyrrole nitrogens is 1. The number of carbonyl (C=O) groups is 3. The van der Waals surface area contributed by atoms with Crippen LogP contribution in [0.4, 0.5) is 17.2 Å². The Morgan fingerprint density at radius 1 is 1.20 bits per heavy atom. The number of anilines is 3. The van der Waals surface area contributed by atoms with Crippen LogP contribution in [0.25, 0.3) is 11.3 Å². The van der Waals surface area contributed by atoms with E-state index in [1.165, 1.54) is 11.8 Å². The Hall–Kier alpha value is -3.83. The standard InChI is InChI=1S/C24H25N5O5S/c1-15(30)26-20-12-16(9-10-25-20)23-24(27-17-6-3-2-4-7-17)22-18(28-23)13-29(14-19(22)31)21(32)8-5-11-35(33)34/h2-4,6-7,9-10,12,27-28H,5,8,11,13-14H2,1H3,(H,33,34)(H,25,26,30)/p-1. The molecule has 3 heterocycles. The summed E-state index contributed by atoms with van der Waals surface area (Å²) in [7, 11) is 0. The molecular weight excluding hydrogens is 470 g/mol. The smallest absolute Gasteiger partial charge is 0.223 e. The molecule has 182 valence electrons. The summed E-state index contributed by atoms with van der Waals surface area (Å²) in [4.78, 5) is 46.2. The van der Waals surface area contributed by atoms with Crippen molar-refractivity contribution >= 4 is 45.9 Å². The first kappa shape index (κ1) is 24.3. The molecule has 1 aliphatic heterocycles. The summed E-state index contributed by atoms with van der Waals surface area (Å²) in [5.74, 6) is -0.501. The lowest BCUT2D eigenvalue weighted by molar-refractivity contribution is -0.131. The molecular formula is C24H24N5O5S-. The van der Waals surface area contributed by atoms with E-state index in [1.54, 1.807) is 18.3 Å². The van der Waals surface area contributed by atoms with Crippen LogP contribution in [0.5, 0.6) is 0 Å². The number of hydrogen-bond donors (Lipinski definition) is 3. The molecule has 3 aromatic rings. The minimum Gasteiger partial charge on any atom is -0.772 e.